The Kier molecular flexibility index (Phi) is 7.12. The third-order valence-corrected chi connectivity index (χ3v) is 7.51. The predicted molar refractivity (Wildman–Crippen MR) is 110 cm³/mol. The van der Waals surface area contributed by atoms with Gasteiger partial charge in [0.25, 0.3) is 0 Å². The Labute approximate surface area is 168 Å². The van der Waals surface area contributed by atoms with E-state index in [2.05, 4.69) is 5.32 Å². The maximum Gasteiger partial charge on any atom is 0.243 e. The van der Waals surface area contributed by atoms with Crippen LogP contribution in [0.2, 0.25) is 0 Å². The van der Waals surface area contributed by atoms with Gasteiger partial charge >= 0.3 is 0 Å². The summed E-state index contributed by atoms with van der Waals surface area (Å²) in [7, 11) is -3.56. The molecule has 0 bridgehead atoms. The SMILES string of the molecule is C[C@@H]1CN(S(=O)(=O)c2ccc(NC(=O)CCC3CCCCC3)cc2)C[C@@H](C)O1. The van der Waals surface area contributed by atoms with Crippen molar-refractivity contribution in [3.8, 4) is 0 Å². The van der Waals surface area contributed by atoms with E-state index in [-0.39, 0.29) is 23.0 Å². The molecule has 0 aromatic heterocycles. The second kappa shape index (κ2) is 9.37. The van der Waals surface area contributed by atoms with E-state index < -0.39 is 10.0 Å². The number of hydrogen-bond acceptors (Lipinski definition) is 4. The zero-order valence-corrected chi connectivity index (χ0v) is 17.7. The van der Waals surface area contributed by atoms with Crippen molar-refractivity contribution in [1.82, 2.24) is 4.31 Å². The van der Waals surface area contributed by atoms with Crippen LogP contribution >= 0.6 is 0 Å². The molecule has 156 valence electrons. The fraction of sp³-hybridized carbons (Fsp3) is 0.667. The Morgan fingerprint density at radius 3 is 2.29 bits per heavy atom. The number of nitrogens with zero attached hydrogens (tertiary/aromatic N) is 1. The number of benzene rings is 1. The van der Waals surface area contributed by atoms with E-state index in [4.69, 9.17) is 4.74 Å². The number of carbonyl (C=O) groups excluding carboxylic acids is 1. The van der Waals surface area contributed by atoms with Crippen LogP contribution in [0, 0.1) is 5.92 Å². The first-order valence-corrected chi connectivity index (χ1v) is 11.8. The maximum absolute atomic E-state index is 12.9. The summed E-state index contributed by atoms with van der Waals surface area (Å²) in [6, 6.07) is 6.46. The van der Waals surface area contributed by atoms with E-state index >= 15 is 0 Å². The molecule has 1 aromatic carbocycles. The molecule has 2 fully saturated rings. The molecule has 2 atom stereocenters. The molecule has 1 N–H and O–H groups in total. The van der Waals surface area contributed by atoms with E-state index in [0.717, 1.165) is 6.42 Å². The predicted octanol–water partition coefficient (Wildman–Crippen LogP) is 3.78. The quantitative estimate of drug-likeness (QED) is 0.777. The Hall–Kier alpha value is -1.44. The van der Waals surface area contributed by atoms with Crippen molar-refractivity contribution in [2.75, 3.05) is 18.4 Å². The van der Waals surface area contributed by atoms with Crippen LogP contribution in [-0.4, -0.2) is 43.9 Å². The highest BCUT2D eigenvalue weighted by Gasteiger charge is 2.32. The van der Waals surface area contributed by atoms with Crippen molar-refractivity contribution in [3.63, 3.8) is 0 Å². The van der Waals surface area contributed by atoms with Crippen LogP contribution in [0.1, 0.15) is 58.8 Å². The van der Waals surface area contributed by atoms with E-state index in [1.165, 1.54) is 36.4 Å². The molecule has 1 saturated carbocycles. The second-order valence-electron chi connectivity index (χ2n) is 8.19. The number of ether oxygens (including phenoxy) is 1. The largest absolute Gasteiger partial charge is 0.373 e. The van der Waals surface area contributed by atoms with Crippen LogP contribution in [0.5, 0.6) is 0 Å². The first-order chi connectivity index (χ1) is 13.3. The van der Waals surface area contributed by atoms with Gasteiger partial charge < -0.3 is 10.1 Å². The minimum Gasteiger partial charge on any atom is -0.373 e. The summed E-state index contributed by atoms with van der Waals surface area (Å²) in [5, 5.41) is 2.89. The monoisotopic (exact) mass is 408 g/mol. The first-order valence-electron chi connectivity index (χ1n) is 10.4. The highest BCUT2D eigenvalue weighted by molar-refractivity contribution is 7.89. The van der Waals surface area contributed by atoms with Gasteiger partial charge in [0, 0.05) is 25.2 Å². The molecule has 2 aliphatic rings. The molecule has 6 nitrogen and oxygen atoms in total. The first kappa shape index (κ1) is 21.3. The van der Waals surface area contributed by atoms with Gasteiger partial charge in [-0.3, -0.25) is 4.79 Å². The molecule has 28 heavy (non-hydrogen) atoms. The normalized spacial score (nSPS) is 24.8. The molecule has 0 radical (unpaired) electrons. The number of sulfonamides is 1. The Morgan fingerprint density at radius 2 is 1.68 bits per heavy atom. The van der Waals surface area contributed by atoms with E-state index in [1.54, 1.807) is 24.3 Å². The third-order valence-electron chi connectivity index (χ3n) is 5.67. The average molecular weight is 409 g/mol. The summed E-state index contributed by atoms with van der Waals surface area (Å²) < 4.78 is 32.8. The van der Waals surface area contributed by atoms with E-state index in [1.807, 2.05) is 13.8 Å². The van der Waals surface area contributed by atoms with Crippen LogP contribution in [0.15, 0.2) is 29.2 Å². The fourth-order valence-electron chi connectivity index (χ4n) is 4.22. The molecule has 1 aromatic rings. The number of nitrogens with one attached hydrogen (secondary N) is 1. The second-order valence-corrected chi connectivity index (χ2v) is 10.1. The van der Waals surface area contributed by atoms with Gasteiger partial charge in [-0.2, -0.15) is 4.31 Å². The van der Waals surface area contributed by atoms with Crippen molar-refractivity contribution >= 4 is 21.6 Å². The number of rotatable bonds is 6. The fourth-order valence-corrected chi connectivity index (χ4v) is 5.81. The van der Waals surface area contributed by atoms with Crippen molar-refractivity contribution in [2.24, 2.45) is 5.92 Å². The van der Waals surface area contributed by atoms with Gasteiger partial charge in [-0.15, -0.1) is 0 Å². The third kappa shape index (κ3) is 5.55. The van der Waals surface area contributed by atoms with Crippen LogP contribution in [0.25, 0.3) is 0 Å². The van der Waals surface area contributed by atoms with Crippen molar-refractivity contribution < 1.29 is 17.9 Å². The van der Waals surface area contributed by atoms with E-state index in [0.29, 0.717) is 31.1 Å². The summed E-state index contributed by atoms with van der Waals surface area (Å²) in [6.45, 7) is 4.47. The van der Waals surface area contributed by atoms with Crippen LogP contribution in [0.4, 0.5) is 5.69 Å². The molecule has 0 unspecified atom stereocenters. The standard InChI is InChI=1S/C21H32N2O4S/c1-16-14-23(15-17(2)27-16)28(25,26)20-11-9-19(10-12-20)22-21(24)13-8-18-6-4-3-5-7-18/h9-12,16-18H,3-8,13-15H2,1-2H3,(H,22,24)/t16-,17-/m1/s1. The number of anilines is 1. The summed E-state index contributed by atoms with van der Waals surface area (Å²) in [5.41, 5.74) is 0.635. The van der Waals surface area contributed by atoms with Gasteiger partial charge in [-0.1, -0.05) is 32.1 Å². The zero-order valence-electron chi connectivity index (χ0n) is 16.9. The highest BCUT2D eigenvalue weighted by atomic mass is 32.2. The van der Waals surface area contributed by atoms with Gasteiger partial charge in [0.15, 0.2) is 0 Å². The lowest BCUT2D eigenvalue weighted by Crippen LogP contribution is -2.48. The van der Waals surface area contributed by atoms with Gasteiger partial charge in [0.05, 0.1) is 17.1 Å². The summed E-state index contributed by atoms with van der Waals surface area (Å²) in [4.78, 5) is 12.4. The molecule has 1 aliphatic heterocycles. The smallest absolute Gasteiger partial charge is 0.243 e. The Balaban J connectivity index is 1.55. The molecule has 3 rings (SSSR count). The van der Waals surface area contributed by atoms with Gasteiger partial charge in [0.1, 0.15) is 0 Å². The molecule has 7 heteroatoms. The summed E-state index contributed by atoms with van der Waals surface area (Å²) in [6.07, 6.45) is 7.56. The summed E-state index contributed by atoms with van der Waals surface area (Å²) >= 11 is 0. The summed E-state index contributed by atoms with van der Waals surface area (Å²) in [5.74, 6) is 0.669. The van der Waals surface area contributed by atoms with Gasteiger partial charge in [0.2, 0.25) is 15.9 Å². The van der Waals surface area contributed by atoms with Crippen LogP contribution in [0.3, 0.4) is 0 Å². The van der Waals surface area contributed by atoms with Crippen molar-refractivity contribution in [2.45, 2.75) is 75.9 Å². The molecule has 1 amide bonds. The molecule has 1 heterocycles. The maximum atomic E-state index is 12.9. The number of morpholine rings is 1. The molecular weight excluding hydrogens is 376 g/mol. The Morgan fingerprint density at radius 1 is 1.07 bits per heavy atom. The van der Waals surface area contributed by atoms with Crippen LogP contribution < -0.4 is 5.32 Å². The topological polar surface area (TPSA) is 75.7 Å². The zero-order chi connectivity index (χ0) is 20.1. The number of carbonyl (C=O) groups is 1. The molecule has 0 spiro atoms. The number of amides is 1. The minimum atomic E-state index is -3.56. The lowest BCUT2D eigenvalue weighted by molar-refractivity contribution is -0.116. The average Bonchev–Trinajstić information content (AvgIpc) is 2.67. The molecule has 1 saturated heterocycles. The van der Waals surface area contributed by atoms with Crippen molar-refractivity contribution in [3.05, 3.63) is 24.3 Å². The molecule has 1 aliphatic carbocycles. The van der Waals surface area contributed by atoms with Crippen LogP contribution in [-0.2, 0) is 19.6 Å². The highest BCUT2D eigenvalue weighted by Crippen LogP contribution is 2.27. The van der Waals surface area contributed by atoms with Gasteiger partial charge in [-0.25, -0.2) is 8.42 Å². The number of hydrogen-bond donors (Lipinski definition) is 1. The Bertz CT molecular complexity index is 747. The van der Waals surface area contributed by atoms with Crippen molar-refractivity contribution in [1.29, 1.82) is 0 Å². The lowest BCUT2D eigenvalue weighted by atomic mass is 9.86. The molecular formula is C21H32N2O4S. The lowest BCUT2D eigenvalue weighted by Gasteiger charge is -2.34. The van der Waals surface area contributed by atoms with E-state index in [9.17, 15) is 13.2 Å². The minimum absolute atomic E-state index is 0.00277. The van der Waals surface area contributed by atoms with Gasteiger partial charge in [-0.05, 0) is 50.5 Å².